The molecule has 2 atom stereocenters. The zero-order chi connectivity index (χ0) is 18.6. The minimum atomic E-state index is -0.0770. The number of amides is 1. The molecule has 0 saturated carbocycles. The molecule has 4 rings (SSSR count). The number of hydrogen-bond donors (Lipinski definition) is 1. The van der Waals surface area contributed by atoms with Crippen LogP contribution in [-0.4, -0.2) is 52.4 Å². The van der Waals surface area contributed by atoms with Crippen molar-refractivity contribution in [1.29, 1.82) is 0 Å². The Hall–Kier alpha value is -2.07. The second-order valence-corrected chi connectivity index (χ2v) is 8.36. The molecule has 0 radical (unpaired) electrons. The molecule has 0 spiro atoms. The number of H-pyrrole nitrogens is 1. The van der Waals surface area contributed by atoms with Crippen LogP contribution in [0.3, 0.4) is 0 Å². The summed E-state index contributed by atoms with van der Waals surface area (Å²) in [5.41, 5.74) is 5.20. The van der Waals surface area contributed by atoms with Gasteiger partial charge < -0.3 is 9.88 Å². The number of carbonyl (C=O) groups excluding carboxylic acids is 1. The maximum atomic E-state index is 13.3. The Morgan fingerprint density at radius 1 is 1.23 bits per heavy atom. The van der Waals surface area contributed by atoms with Gasteiger partial charge in [0.1, 0.15) is 0 Å². The summed E-state index contributed by atoms with van der Waals surface area (Å²) in [6.07, 6.45) is 5.42. The van der Waals surface area contributed by atoms with Gasteiger partial charge in [-0.3, -0.25) is 9.69 Å². The third-order valence-corrected chi connectivity index (χ3v) is 5.95. The molecule has 4 heteroatoms. The fourth-order valence-corrected chi connectivity index (χ4v) is 4.90. The van der Waals surface area contributed by atoms with Crippen molar-refractivity contribution in [2.24, 2.45) is 5.92 Å². The lowest BCUT2D eigenvalue weighted by molar-refractivity contribution is -0.138. The zero-order valence-corrected chi connectivity index (χ0v) is 16.4. The topological polar surface area (TPSA) is 39.3 Å². The highest BCUT2D eigenvalue weighted by Crippen LogP contribution is 2.41. The number of carbonyl (C=O) groups is 1. The Balaban J connectivity index is 1.78. The minimum Gasteiger partial charge on any atom is -0.361 e. The van der Waals surface area contributed by atoms with Gasteiger partial charge >= 0.3 is 0 Å². The number of benzene rings is 1. The average molecular weight is 351 g/mol. The molecule has 2 aliphatic rings. The van der Waals surface area contributed by atoms with E-state index in [0.717, 1.165) is 13.0 Å². The summed E-state index contributed by atoms with van der Waals surface area (Å²) in [6.45, 7) is 9.21. The predicted molar refractivity (Wildman–Crippen MR) is 107 cm³/mol. The summed E-state index contributed by atoms with van der Waals surface area (Å²) in [7, 11) is 2.16. The second kappa shape index (κ2) is 6.27. The molecule has 0 saturated heterocycles. The summed E-state index contributed by atoms with van der Waals surface area (Å²) in [6, 6.07) is 7.25. The van der Waals surface area contributed by atoms with E-state index >= 15 is 0 Å². The van der Waals surface area contributed by atoms with Gasteiger partial charge in [-0.15, -0.1) is 0 Å². The molecule has 1 aromatic heterocycles. The Morgan fingerprint density at radius 3 is 2.65 bits per heavy atom. The van der Waals surface area contributed by atoms with Crippen LogP contribution in [0.15, 0.2) is 30.5 Å². The highest BCUT2D eigenvalue weighted by molar-refractivity contribution is 5.99. The normalized spacial score (nSPS) is 22.7. The first-order valence-corrected chi connectivity index (χ1v) is 9.72. The van der Waals surface area contributed by atoms with E-state index in [9.17, 15) is 4.79 Å². The predicted octanol–water partition coefficient (Wildman–Crippen LogP) is 3.68. The van der Waals surface area contributed by atoms with Gasteiger partial charge in [0, 0.05) is 41.8 Å². The van der Waals surface area contributed by atoms with Crippen molar-refractivity contribution in [1.82, 2.24) is 14.8 Å². The summed E-state index contributed by atoms with van der Waals surface area (Å²) >= 11 is 0. The van der Waals surface area contributed by atoms with Gasteiger partial charge in [0.15, 0.2) is 0 Å². The number of likely N-dealkylation sites (N-methyl/N-ethyl adjacent to an activating group) is 1. The van der Waals surface area contributed by atoms with Gasteiger partial charge in [-0.05, 0) is 63.9 Å². The highest BCUT2D eigenvalue weighted by Gasteiger charge is 2.37. The fourth-order valence-electron chi connectivity index (χ4n) is 4.90. The van der Waals surface area contributed by atoms with Crippen LogP contribution in [0.5, 0.6) is 0 Å². The molecule has 138 valence electrons. The molecule has 0 fully saturated rings. The van der Waals surface area contributed by atoms with Crippen molar-refractivity contribution in [3.05, 3.63) is 41.6 Å². The minimum absolute atomic E-state index is 0.0770. The van der Waals surface area contributed by atoms with E-state index in [4.69, 9.17) is 0 Å². The van der Waals surface area contributed by atoms with E-state index in [-0.39, 0.29) is 23.9 Å². The number of aromatic nitrogens is 1. The first-order chi connectivity index (χ1) is 12.4. The van der Waals surface area contributed by atoms with Crippen LogP contribution in [0.25, 0.3) is 16.5 Å². The van der Waals surface area contributed by atoms with Crippen molar-refractivity contribution in [2.45, 2.75) is 52.2 Å². The van der Waals surface area contributed by atoms with Crippen molar-refractivity contribution in [3.63, 3.8) is 0 Å². The molecule has 1 N–H and O–H groups in total. The number of nitrogens with zero attached hydrogens (tertiary/aromatic N) is 2. The largest absolute Gasteiger partial charge is 0.361 e. The standard InChI is InChI=1S/C22H29N3O/c1-13(2)25(14(3)4)22(26)16-9-18-17-7-6-8-19-21(17)15(11-23-19)10-20(18)24(5)12-16/h6-9,11,13-14,16,20,23H,10,12H2,1-5H3/t16-,20-/m1/s1. The quantitative estimate of drug-likeness (QED) is 0.916. The van der Waals surface area contributed by atoms with E-state index < -0.39 is 0 Å². The molecule has 0 unspecified atom stereocenters. The number of rotatable bonds is 3. The van der Waals surface area contributed by atoms with Gasteiger partial charge in [0.2, 0.25) is 5.91 Å². The van der Waals surface area contributed by atoms with Crippen LogP contribution in [0.2, 0.25) is 0 Å². The summed E-state index contributed by atoms with van der Waals surface area (Å²) in [5.74, 6) is 0.173. The third kappa shape index (κ3) is 2.59. The van der Waals surface area contributed by atoms with Crippen molar-refractivity contribution in [2.75, 3.05) is 13.6 Å². The van der Waals surface area contributed by atoms with Crippen molar-refractivity contribution < 1.29 is 4.79 Å². The van der Waals surface area contributed by atoms with E-state index in [1.54, 1.807) is 0 Å². The van der Waals surface area contributed by atoms with Crippen LogP contribution in [0.1, 0.15) is 38.8 Å². The molecule has 26 heavy (non-hydrogen) atoms. The summed E-state index contributed by atoms with van der Waals surface area (Å²) in [5, 5.41) is 1.33. The maximum absolute atomic E-state index is 13.3. The van der Waals surface area contributed by atoms with Crippen LogP contribution < -0.4 is 0 Å². The van der Waals surface area contributed by atoms with E-state index in [0.29, 0.717) is 6.04 Å². The SMILES string of the molecule is CC(C)N(C(=O)[C@@H]1C=C2c3cccc4[nH]cc(c34)C[C@H]2N(C)C1)C(C)C. The second-order valence-electron chi connectivity index (χ2n) is 8.36. The molecule has 2 aromatic rings. The fraction of sp³-hybridized carbons (Fsp3) is 0.500. The van der Waals surface area contributed by atoms with E-state index in [1.807, 2.05) is 4.90 Å². The highest BCUT2D eigenvalue weighted by atomic mass is 16.2. The monoisotopic (exact) mass is 351 g/mol. The number of nitrogens with one attached hydrogen (secondary N) is 1. The lowest BCUT2D eigenvalue weighted by Crippen LogP contribution is -2.50. The Kier molecular flexibility index (Phi) is 4.19. The summed E-state index contributed by atoms with van der Waals surface area (Å²) in [4.78, 5) is 21.1. The Bertz CT molecular complexity index is 869. The van der Waals surface area contributed by atoms with Gasteiger partial charge in [0.05, 0.1) is 5.92 Å². The number of fused-ring (bicyclic) bond motifs is 2. The number of hydrogen-bond acceptors (Lipinski definition) is 2. The molecular formula is C22H29N3O. The number of aromatic amines is 1. The molecule has 1 aliphatic heterocycles. The van der Waals surface area contributed by atoms with Crippen LogP contribution in [-0.2, 0) is 11.2 Å². The van der Waals surface area contributed by atoms with Crippen LogP contribution in [0, 0.1) is 5.92 Å². The molecule has 1 amide bonds. The molecule has 2 heterocycles. The lowest BCUT2D eigenvalue weighted by Gasteiger charge is -2.41. The molecule has 4 nitrogen and oxygen atoms in total. The van der Waals surface area contributed by atoms with Gasteiger partial charge in [-0.1, -0.05) is 18.2 Å². The molecular weight excluding hydrogens is 322 g/mol. The molecule has 1 aliphatic carbocycles. The lowest BCUT2D eigenvalue weighted by atomic mass is 9.79. The van der Waals surface area contributed by atoms with Crippen molar-refractivity contribution in [3.8, 4) is 0 Å². The Morgan fingerprint density at radius 2 is 1.96 bits per heavy atom. The maximum Gasteiger partial charge on any atom is 0.231 e. The van der Waals surface area contributed by atoms with Gasteiger partial charge in [0.25, 0.3) is 0 Å². The average Bonchev–Trinajstić information content (AvgIpc) is 2.99. The smallest absolute Gasteiger partial charge is 0.231 e. The van der Waals surface area contributed by atoms with Crippen LogP contribution in [0.4, 0.5) is 0 Å². The zero-order valence-electron chi connectivity index (χ0n) is 16.4. The van der Waals surface area contributed by atoms with E-state index in [2.05, 4.69) is 75.1 Å². The van der Waals surface area contributed by atoms with Crippen molar-refractivity contribution >= 4 is 22.4 Å². The molecule has 1 aromatic carbocycles. The van der Waals surface area contributed by atoms with Crippen LogP contribution >= 0.6 is 0 Å². The Labute approximate surface area is 155 Å². The third-order valence-electron chi connectivity index (χ3n) is 5.95. The summed E-state index contributed by atoms with van der Waals surface area (Å²) < 4.78 is 0. The molecule has 0 bridgehead atoms. The first kappa shape index (κ1) is 17.3. The van der Waals surface area contributed by atoms with E-state index in [1.165, 1.54) is 27.6 Å². The van der Waals surface area contributed by atoms with Gasteiger partial charge in [-0.25, -0.2) is 0 Å². The first-order valence-electron chi connectivity index (χ1n) is 9.72. The van der Waals surface area contributed by atoms with Gasteiger partial charge in [-0.2, -0.15) is 0 Å².